The summed E-state index contributed by atoms with van der Waals surface area (Å²) in [5.74, 6) is 4.60. The summed E-state index contributed by atoms with van der Waals surface area (Å²) < 4.78 is 1.82. The molecule has 4 nitrogen and oxygen atoms in total. The zero-order valence-corrected chi connectivity index (χ0v) is 11.5. The van der Waals surface area contributed by atoms with Crippen LogP contribution in [0.4, 0.5) is 0 Å². The first-order valence-corrected chi connectivity index (χ1v) is 7.46. The second kappa shape index (κ2) is 3.82. The van der Waals surface area contributed by atoms with Crippen LogP contribution in [0.5, 0.6) is 0 Å². The summed E-state index contributed by atoms with van der Waals surface area (Å²) in [6, 6.07) is 2.19. The second-order valence-electron chi connectivity index (χ2n) is 7.01. The molecule has 4 aliphatic rings. The highest BCUT2D eigenvalue weighted by atomic mass is 15.3. The van der Waals surface area contributed by atoms with Gasteiger partial charge in [0.2, 0.25) is 0 Å². The van der Waals surface area contributed by atoms with Crippen LogP contribution in [0.3, 0.4) is 0 Å². The van der Waals surface area contributed by atoms with Crippen LogP contribution in [0.2, 0.25) is 0 Å². The van der Waals surface area contributed by atoms with Gasteiger partial charge in [0.1, 0.15) is 5.82 Å². The van der Waals surface area contributed by atoms with Crippen molar-refractivity contribution >= 4 is 0 Å². The molecule has 19 heavy (non-hydrogen) atoms. The van der Waals surface area contributed by atoms with Crippen LogP contribution in [-0.2, 0) is 18.9 Å². The standard InChI is InChI=1S/C15H20N4/c1-19-13(2-3-16)17-14(18-19)15-7-10-4-11(8-15)6-12(5-10)9-15/h10-12H,2,4-9H2,1H3. The predicted molar refractivity (Wildman–Crippen MR) is 70.2 cm³/mol. The molecular weight excluding hydrogens is 236 g/mol. The average Bonchev–Trinajstić information content (AvgIpc) is 2.70. The molecule has 5 rings (SSSR count). The number of aromatic nitrogens is 3. The molecule has 1 heterocycles. The van der Waals surface area contributed by atoms with Gasteiger partial charge in [-0.2, -0.15) is 10.4 Å². The van der Waals surface area contributed by atoms with Crippen molar-refractivity contribution in [3.8, 4) is 6.07 Å². The highest BCUT2D eigenvalue weighted by Crippen LogP contribution is 2.60. The van der Waals surface area contributed by atoms with Crippen molar-refractivity contribution in [1.29, 1.82) is 5.26 Å². The predicted octanol–water partition coefficient (Wildman–Crippen LogP) is 2.35. The molecule has 0 spiro atoms. The third-order valence-corrected chi connectivity index (χ3v) is 5.60. The number of hydrogen-bond donors (Lipinski definition) is 0. The van der Waals surface area contributed by atoms with E-state index in [0.717, 1.165) is 29.4 Å². The smallest absolute Gasteiger partial charge is 0.157 e. The van der Waals surface area contributed by atoms with Crippen LogP contribution < -0.4 is 0 Å². The molecule has 1 aromatic rings. The summed E-state index contributed by atoms with van der Waals surface area (Å²) in [4.78, 5) is 4.72. The normalized spacial score (nSPS) is 39.5. The molecule has 0 radical (unpaired) electrons. The fraction of sp³-hybridized carbons (Fsp3) is 0.800. The minimum Gasteiger partial charge on any atom is -0.252 e. The Labute approximate surface area is 113 Å². The number of nitriles is 1. The lowest BCUT2D eigenvalue weighted by Gasteiger charge is -2.55. The van der Waals surface area contributed by atoms with Crippen LogP contribution in [0.1, 0.15) is 50.2 Å². The quantitative estimate of drug-likeness (QED) is 0.816. The zero-order chi connectivity index (χ0) is 13.0. The Morgan fingerprint density at radius 2 is 1.79 bits per heavy atom. The van der Waals surface area contributed by atoms with Gasteiger partial charge in [-0.3, -0.25) is 4.68 Å². The Morgan fingerprint density at radius 3 is 2.32 bits per heavy atom. The van der Waals surface area contributed by atoms with Gasteiger partial charge in [0.25, 0.3) is 0 Å². The SMILES string of the molecule is Cn1nc(C23CC4CC(CC(C4)C2)C3)nc1CC#N. The Bertz CT molecular complexity index is 516. The average molecular weight is 256 g/mol. The van der Waals surface area contributed by atoms with E-state index in [-0.39, 0.29) is 5.41 Å². The van der Waals surface area contributed by atoms with E-state index in [1.807, 2.05) is 11.7 Å². The summed E-state index contributed by atoms with van der Waals surface area (Å²) >= 11 is 0. The van der Waals surface area contributed by atoms with Gasteiger partial charge < -0.3 is 0 Å². The van der Waals surface area contributed by atoms with E-state index >= 15 is 0 Å². The van der Waals surface area contributed by atoms with E-state index in [0.29, 0.717) is 6.42 Å². The number of rotatable bonds is 2. The molecule has 0 saturated heterocycles. The molecular formula is C15H20N4. The molecule has 4 heteroatoms. The molecule has 0 unspecified atom stereocenters. The van der Waals surface area contributed by atoms with Gasteiger partial charge in [0.05, 0.1) is 12.5 Å². The summed E-state index contributed by atoms with van der Waals surface area (Å²) in [7, 11) is 1.92. The van der Waals surface area contributed by atoms with Crippen molar-refractivity contribution in [2.75, 3.05) is 0 Å². The van der Waals surface area contributed by atoms with Crippen molar-refractivity contribution in [3.05, 3.63) is 11.6 Å². The van der Waals surface area contributed by atoms with Gasteiger partial charge in [-0.15, -0.1) is 0 Å². The minimum atomic E-state index is 0.250. The molecule has 0 aromatic carbocycles. The Balaban J connectivity index is 1.72. The molecule has 0 atom stereocenters. The zero-order valence-electron chi connectivity index (χ0n) is 11.5. The molecule has 4 aliphatic carbocycles. The first-order chi connectivity index (χ1) is 9.18. The number of nitrogens with zero attached hydrogens (tertiary/aromatic N) is 4. The van der Waals surface area contributed by atoms with Gasteiger partial charge in [-0.25, -0.2) is 4.98 Å². The van der Waals surface area contributed by atoms with Crippen LogP contribution in [-0.4, -0.2) is 14.8 Å². The third kappa shape index (κ3) is 1.64. The molecule has 4 saturated carbocycles. The number of aryl methyl sites for hydroxylation is 1. The molecule has 0 amide bonds. The van der Waals surface area contributed by atoms with E-state index in [9.17, 15) is 0 Å². The largest absolute Gasteiger partial charge is 0.252 e. The van der Waals surface area contributed by atoms with Gasteiger partial charge in [-0.05, 0) is 56.3 Å². The van der Waals surface area contributed by atoms with Crippen molar-refractivity contribution in [1.82, 2.24) is 14.8 Å². The van der Waals surface area contributed by atoms with Crippen molar-refractivity contribution in [3.63, 3.8) is 0 Å². The highest BCUT2D eigenvalue weighted by molar-refractivity contribution is 5.18. The molecule has 0 aliphatic heterocycles. The number of hydrogen-bond acceptors (Lipinski definition) is 3. The Morgan fingerprint density at radius 1 is 1.21 bits per heavy atom. The van der Waals surface area contributed by atoms with Gasteiger partial charge >= 0.3 is 0 Å². The van der Waals surface area contributed by atoms with E-state index in [1.165, 1.54) is 38.5 Å². The monoisotopic (exact) mass is 256 g/mol. The van der Waals surface area contributed by atoms with Crippen LogP contribution in [0.25, 0.3) is 0 Å². The summed E-state index contributed by atoms with van der Waals surface area (Å²) in [5.41, 5.74) is 0.250. The third-order valence-electron chi connectivity index (χ3n) is 5.60. The minimum absolute atomic E-state index is 0.250. The summed E-state index contributed by atoms with van der Waals surface area (Å²) in [6.07, 6.45) is 8.56. The molecule has 4 bridgehead atoms. The van der Waals surface area contributed by atoms with E-state index in [2.05, 4.69) is 11.2 Å². The van der Waals surface area contributed by atoms with E-state index in [1.54, 1.807) is 0 Å². The van der Waals surface area contributed by atoms with Gasteiger partial charge in [0.15, 0.2) is 5.82 Å². The second-order valence-corrected chi connectivity index (χ2v) is 7.01. The Kier molecular flexibility index (Phi) is 2.30. The maximum absolute atomic E-state index is 8.86. The van der Waals surface area contributed by atoms with Gasteiger partial charge in [0, 0.05) is 12.5 Å². The first kappa shape index (κ1) is 11.5. The maximum atomic E-state index is 8.86. The van der Waals surface area contributed by atoms with E-state index in [4.69, 9.17) is 10.2 Å². The highest BCUT2D eigenvalue weighted by Gasteiger charge is 2.53. The summed E-state index contributed by atoms with van der Waals surface area (Å²) in [6.45, 7) is 0. The fourth-order valence-electron chi connectivity index (χ4n) is 5.25. The van der Waals surface area contributed by atoms with Crippen LogP contribution in [0, 0.1) is 29.1 Å². The van der Waals surface area contributed by atoms with Crippen molar-refractivity contribution in [2.24, 2.45) is 24.8 Å². The van der Waals surface area contributed by atoms with E-state index < -0.39 is 0 Å². The Hall–Kier alpha value is -1.37. The molecule has 0 N–H and O–H groups in total. The lowest BCUT2D eigenvalue weighted by molar-refractivity contribution is -0.00941. The summed E-state index contributed by atoms with van der Waals surface area (Å²) in [5, 5.41) is 13.5. The topological polar surface area (TPSA) is 54.5 Å². The first-order valence-electron chi connectivity index (χ1n) is 7.46. The lowest BCUT2D eigenvalue weighted by atomic mass is 9.49. The van der Waals surface area contributed by atoms with Crippen molar-refractivity contribution in [2.45, 2.75) is 50.4 Å². The van der Waals surface area contributed by atoms with Crippen molar-refractivity contribution < 1.29 is 0 Å². The maximum Gasteiger partial charge on any atom is 0.157 e. The lowest BCUT2D eigenvalue weighted by Crippen LogP contribution is -2.49. The van der Waals surface area contributed by atoms with Crippen LogP contribution >= 0.6 is 0 Å². The molecule has 4 fully saturated rings. The fourth-order valence-corrected chi connectivity index (χ4v) is 5.25. The van der Waals surface area contributed by atoms with Gasteiger partial charge in [-0.1, -0.05) is 0 Å². The molecule has 1 aromatic heterocycles. The molecule has 100 valence electrons. The van der Waals surface area contributed by atoms with Crippen LogP contribution in [0.15, 0.2) is 0 Å².